The molecule has 1 aliphatic rings. The largest absolute Gasteiger partial charge is 0.486 e. The minimum atomic E-state index is -1.07. The molecule has 12 nitrogen and oxygen atoms in total. The van der Waals surface area contributed by atoms with Crippen LogP contribution in [0.3, 0.4) is 0 Å². The number of nitrogens with one attached hydrogen (secondary N) is 1. The first-order valence-electron chi connectivity index (χ1n) is 10.6. The molecule has 1 fully saturated rings. The number of benzene rings is 3. The van der Waals surface area contributed by atoms with Crippen molar-refractivity contribution in [1.29, 1.82) is 0 Å². The molecule has 192 valence electrons. The number of barbiturate groups is 1. The average molecular weight is 557 g/mol. The van der Waals surface area contributed by atoms with E-state index in [1.807, 2.05) is 5.32 Å². The lowest BCUT2D eigenvalue weighted by Gasteiger charge is -2.26. The summed E-state index contributed by atoms with van der Waals surface area (Å²) >= 11 is 12.6. The van der Waals surface area contributed by atoms with Crippen molar-refractivity contribution in [3.8, 4) is 5.75 Å². The first-order chi connectivity index (χ1) is 18.0. The smallest absolute Gasteiger partial charge is 0.335 e. The Morgan fingerprint density at radius 3 is 2.13 bits per heavy atom. The lowest BCUT2D eigenvalue weighted by Crippen LogP contribution is -2.54. The lowest BCUT2D eigenvalue weighted by molar-refractivity contribution is -0.385. The molecule has 4 amide bonds. The molecule has 38 heavy (non-hydrogen) atoms. The van der Waals surface area contributed by atoms with Gasteiger partial charge in [0.1, 0.15) is 12.2 Å². The van der Waals surface area contributed by atoms with E-state index in [1.165, 1.54) is 54.6 Å². The van der Waals surface area contributed by atoms with Crippen LogP contribution in [0.4, 0.5) is 21.9 Å². The summed E-state index contributed by atoms with van der Waals surface area (Å²) in [5.41, 5.74) is -0.129. The van der Waals surface area contributed by atoms with E-state index in [1.54, 1.807) is 0 Å². The van der Waals surface area contributed by atoms with Crippen molar-refractivity contribution < 1.29 is 29.0 Å². The number of carbonyl (C=O) groups is 3. The molecule has 0 saturated carbocycles. The van der Waals surface area contributed by atoms with Gasteiger partial charge in [-0.15, -0.1) is 0 Å². The van der Waals surface area contributed by atoms with E-state index >= 15 is 0 Å². The minimum absolute atomic E-state index is 0.000946. The number of halogens is 2. The number of nitrogens with zero attached hydrogens (tertiary/aromatic N) is 3. The van der Waals surface area contributed by atoms with Gasteiger partial charge in [-0.2, -0.15) is 0 Å². The molecule has 0 bridgehead atoms. The number of hydrogen-bond acceptors (Lipinski definition) is 8. The second-order valence-corrected chi connectivity index (χ2v) is 8.58. The summed E-state index contributed by atoms with van der Waals surface area (Å²) in [5, 5.41) is 24.0. The maximum absolute atomic E-state index is 13.1. The molecule has 0 unspecified atom stereocenters. The van der Waals surface area contributed by atoms with Crippen LogP contribution in [0, 0.1) is 20.2 Å². The number of nitro groups is 2. The van der Waals surface area contributed by atoms with Crippen molar-refractivity contribution in [3.63, 3.8) is 0 Å². The number of urea groups is 1. The highest BCUT2D eigenvalue weighted by atomic mass is 35.5. The third kappa shape index (κ3) is 5.45. The average Bonchev–Trinajstić information content (AvgIpc) is 2.86. The van der Waals surface area contributed by atoms with E-state index < -0.39 is 33.3 Å². The normalized spacial score (nSPS) is 14.4. The maximum Gasteiger partial charge on any atom is 0.335 e. The second kappa shape index (κ2) is 10.7. The molecule has 1 saturated heterocycles. The third-order valence-electron chi connectivity index (χ3n) is 5.26. The van der Waals surface area contributed by atoms with Crippen molar-refractivity contribution in [2.24, 2.45) is 0 Å². The standard InChI is InChI=1S/C24H14Cl2N4O8/c25-19-9-14(10-20(26)21(19)38-12-13-4-6-15(7-5-13)29(34)35)8-18-22(31)27-24(33)28(23(18)32)16-2-1-3-17(11-16)30(36)37/h1-11H,12H2,(H,27,31,33)/b18-8+. The summed E-state index contributed by atoms with van der Waals surface area (Å²) < 4.78 is 5.65. The van der Waals surface area contributed by atoms with Gasteiger partial charge >= 0.3 is 6.03 Å². The van der Waals surface area contributed by atoms with E-state index in [-0.39, 0.29) is 45.0 Å². The Morgan fingerprint density at radius 1 is 0.895 bits per heavy atom. The predicted molar refractivity (Wildman–Crippen MR) is 136 cm³/mol. The fourth-order valence-corrected chi connectivity index (χ4v) is 4.09. The first kappa shape index (κ1) is 26.3. The number of non-ortho nitro benzene ring substituents is 2. The molecule has 0 aliphatic carbocycles. The summed E-state index contributed by atoms with van der Waals surface area (Å²) in [7, 11) is 0. The monoisotopic (exact) mass is 556 g/mol. The molecule has 0 radical (unpaired) electrons. The summed E-state index contributed by atoms with van der Waals surface area (Å²) in [4.78, 5) is 59.1. The molecular formula is C24H14Cl2N4O8. The highest BCUT2D eigenvalue weighted by Crippen LogP contribution is 2.36. The Labute approximate surface area is 223 Å². The summed E-state index contributed by atoms with van der Waals surface area (Å²) in [6.45, 7) is -0.000946. The van der Waals surface area contributed by atoms with E-state index in [9.17, 15) is 34.6 Å². The quantitative estimate of drug-likeness (QED) is 0.183. The van der Waals surface area contributed by atoms with Gasteiger partial charge in [0.2, 0.25) is 0 Å². The van der Waals surface area contributed by atoms with Crippen LogP contribution in [-0.2, 0) is 16.2 Å². The molecule has 4 rings (SSSR count). The summed E-state index contributed by atoms with van der Waals surface area (Å²) in [6, 6.07) is 12.2. The number of imide groups is 2. The number of amides is 4. The maximum atomic E-state index is 13.1. The predicted octanol–water partition coefficient (Wildman–Crippen LogP) is 5.06. The molecule has 0 spiro atoms. The van der Waals surface area contributed by atoms with Crippen molar-refractivity contribution >= 4 is 64.2 Å². The minimum Gasteiger partial charge on any atom is -0.486 e. The van der Waals surface area contributed by atoms with E-state index in [0.717, 1.165) is 12.1 Å². The number of rotatable bonds is 7. The van der Waals surface area contributed by atoms with Gasteiger partial charge in [-0.05, 0) is 47.5 Å². The molecule has 3 aromatic rings. The van der Waals surface area contributed by atoms with Crippen LogP contribution in [0.1, 0.15) is 11.1 Å². The van der Waals surface area contributed by atoms with Crippen molar-refractivity contribution in [2.75, 3.05) is 4.90 Å². The van der Waals surface area contributed by atoms with Crippen LogP contribution < -0.4 is 15.0 Å². The fraction of sp³-hybridized carbons (Fsp3) is 0.0417. The van der Waals surface area contributed by atoms with Crippen molar-refractivity contribution in [1.82, 2.24) is 5.32 Å². The number of ether oxygens (including phenoxy) is 1. The topological polar surface area (TPSA) is 162 Å². The molecule has 1 heterocycles. The zero-order valence-electron chi connectivity index (χ0n) is 18.9. The Morgan fingerprint density at radius 2 is 1.53 bits per heavy atom. The van der Waals surface area contributed by atoms with E-state index in [4.69, 9.17) is 27.9 Å². The highest BCUT2D eigenvalue weighted by Gasteiger charge is 2.37. The number of nitro benzene ring substituents is 2. The number of anilines is 1. The Hall–Kier alpha value is -4.81. The van der Waals surface area contributed by atoms with Crippen molar-refractivity contribution in [3.05, 3.63) is 108 Å². The molecule has 0 atom stereocenters. The van der Waals surface area contributed by atoms with Gasteiger partial charge in [-0.3, -0.25) is 35.1 Å². The SMILES string of the molecule is O=C1NC(=O)N(c2cccc([N+](=O)[O-])c2)C(=O)/C1=C/c1cc(Cl)c(OCc2ccc([N+](=O)[O-])cc2)c(Cl)c1. The van der Waals surface area contributed by atoms with Gasteiger partial charge in [0.15, 0.2) is 5.75 Å². The van der Waals surface area contributed by atoms with Gasteiger partial charge in [0.05, 0.1) is 25.6 Å². The van der Waals surface area contributed by atoms with Gasteiger partial charge in [-0.25, -0.2) is 9.69 Å². The van der Waals surface area contributed by atoms with Crippen LogP contribution in [0.25, 0.3) is 6.08 Å². The molecule has 1 N–H and O–H groups in total. The molecule has 0 aromatic heterocycles. The van der Waals surface area contributed by atoms with Crippen LogP contribution >= 0.6 is 23.2 Å². The molecule has 1 aliphatic heterocycles. The fourth-order valence-electron chi connectivity index (χ4n) is 3.47. The van der Waals surface area contributed by atoms with Crippen molar-refractivity contribution in [2.45, 2.75) is 6.61 Å². The van der Waals surface area contributed by atoms with Crippen LogP contribution in [-0.4, -0.2) is 27.7 Å². The Kier molecular flexibility index (Phi) is 7.37. The van der Waals surface area contributed by atoms with Gasteiger partial charge in [0.25, 0.3) is 23.2 Å². The zero-order valence-corrected chi connectivity index (χ0v) is 20.4. The molecule has 3 aromatic carbocycles. The third-order valence-corrected chi connectivity index (χ3v) is 5.82. The van der Waals surface area contributed by atoms with Gasteiger partial charge in [0, 0.05) is 24.3 Å². The van der Waals surface area contributed by atoms with Crippen LogP contribution in [0.2, 0.25) is 10.0 Å². The van der Waals surface area contributed by atoms with E-state index in [0.29, 0.717) is 10.5 Å². The Bertz CT molecular complexity index is 1520. The Balaban J connectivity index is 1.58. The lowest BCUT2D eigenvalue weighted by atomic mass is 10.1. The summed E-state index contributed by atoms with van der Waals surface area (Å²) in [6.07, 6.45) is 1.16. The van der Waals surface area contributed by atoms with Crippen LogP contribution in [0.15, 0.2) is 66.2 Å². The second-order valence-electron chi connectivity index (χ2n) is 7.76. The summed E-state index contributed by atoms with van der Waals surface area (Å²) in [5.74, 6) is -1.89. The van der Waals surface area contributed by atoms with Gasteiger partial charge in [-0.1, -0.05) is 29.3 Å². The molecular weight excluding hydrogens is 543 g/mol. The first-order valence-corrected chi connectivity index (χ1v) is 11.3. The number of hydrogen-bond donors (Lipinski definition) is 1. The van der Waals surface area contributed by atoms with Gasteiger partial charge < -0.3 is 4.74 Å². The zero-order chi connectivity index (χ0) is 27.6. The van der Waals surface area contributed by atoms with Crippen LogP contribution in [0.5, 0.6) is 5.75 Å². The van der Waals surface area contributed by atoms with E-state index in [2.05, 4.69) is 0 Å². The highest BCUT2D eigenvalue weighted by molar-refractivity contribution is 6.40. The number of carbonyl (C=O) groups excluding carboxylic acids is 3. The molecule has 14 heteroatoms.